The minimum atomic E-state index is -4.45. The van der Waals surface area contributed by atoms with E-state index in [0.717, 1.165) is 83.5 Å². The summed E-state index contributed by atoms with van der Waals surface area (Å²) in [5.74, 6) is -0.518. The van der Waals surface area contributed by atoms with Gasteiger partial charge in [0.2, 0.25) is 5.91 Å². The number of phosphoric acid groups is 1. The maximum absolute atomic E-state index is 13.5. The van der Waals surface area contributed by atoms with Crippen LogP contribution in [0, 0.1) is 0 Å². The SMILES string of the molecule is CC/C=C/C=C/C=C\CCCCCCCC(=O)OC(/C=C/CCCCCCCCCCCCC)C(COP(=O)(O)OCC[N+](C)(C)C)NC(=O)CCCCCCCCCCCCCCCCCCCCCCC. The largest absolute Gasteiger partial charge is 0.472 e. The summed E-state index contributed by atoms with van der Waals surface area (Å²) in [6.45, 7) is 6.90. The van der Waals surface area contributed by atoms with E-state index in [0.29, 0.717) is 17.4 Å². The highest BCUT2D eigenvalue weighted by Gasteiger charge is 2.30. The molecule has 0 bridgehead atoms. The highest BCUT2D eigenvalue weighted by Crippen LogP contribution is 2.43. The van der Waals surface area contributed by atoms with Gasteiger partial charge in [0.1, 0.15) is 19.3 Å². The standard InChI is InChI=1S/C63H119N2O7P/c1-7-10-13-16-19-22-25-28-29-30-31-32-33-34-35-38-40-43-46-49-52-55-62(66)64-60(59-71-73(68,69)70-58-57-65(4,5)6)61(54-51-48-45-42-39-36-26-23-20-17-14-11-8-2)72-63(67)56-53-50-47-44-41-37-27-24-21-18-15-12-9-3/h12,15,18,21,24,27,51,54,60-61H,7-11,13-14,16-17,19-20,22-23,25-26,28-50,52-53,55-59H2,1-6H3,(H-,64,66,68,69)/p+1/b15-12+,21-18+,27-24-,54-51+. The lowest BCUT2D eigenvalue weighted by Crippen LogP contribution is -2.47. The summed E-state index contributed by atoms with van der Waals surface area (Å²) in [7, 11) is 1.49. The number of phosphoric ester groups is 1. The molecule has 0 spiro atoms. The Balaban J connectivity index is 5.21. The first-order valence-corrected chi connectivity index (χ1v) is 32.5. The first-order valence-electron chi connectivity index (χ1n) is 31.0. The molecule has 0 aromatic rings. The van der Waals surface area contributed by atoms with Gasteiger partial charge < -0.3 is 19.4 Å². The van der Waals surface area contributed by atoms with Crippen LogP contribution in [0.1, 0.15) is 290 Å². The molecule has 73 heavy (non-hydrogen) atoms. The maximum Gasteiger partial charge on any atom is 0.472 e. The lowest BCUT2D eigenvalue weighted by atomic mass is 10.0. The third-order valence-corrected chi connectivity index (χ3v) is 14.8. The van der Waals surface area contributed by atoms with Gasteiger partial charge in [-0.3, -0.25) is 18.6 Å². The van der Waals surface area contributed by atoms with Gasteiger partial charge in [-0.05, 0) is 51.0 Å². The number of nitrogens with one attached hydrogen (secondary N) is 1. The fraction of sp³-hybridized carbons (Fsp3) is 0.841. The Morgan fingerprint density at radius 3 is 1.30 bits per heavy atom. The average Bonchev–Trinajstić information content (AvgIpc) is 3.35. The molecule has 0 saturated carbocycles. The van der Waals surface area contributed by atoms with E-state index in [1.54, 1.807) is 0 Å². The van der Waals surface area contributed by atoms with Crippen molar-refractivity contribution in [3.63, 3.8) is 0 Å². The predicted octanol–water partition coefficient (Wildman–Crippen LogP) is 18.9. The number of quaternary nitrogens is 1. The molecule has 0 aromatic heterocycles. The molecule has 0 aromatic carbocycles. The molecule has 1 amide bonds. The second-order valence-corrected chi connectivity index (χ2v) is 23.7. The maximum atomic E-state index is 13.5. The highest BCUT2D eigenvalue weighted by atomic mass is 31.2. The Bertz CT molecular complexity index is 1390. The molecule has 0 radical (unpaired) electrons. The monoisotopic (exact) mass is 1050 g/mol. The van der Waals surface area contributed by atoms with Crippen molar-refractivity contribution in [1.29, 1.82) is 0 Å². The van der Waals surface area contributed by atoms with Gasteiger partial charge in [-0.1, -0.05) is 275 Å². The Morgan fingerprint density at radius 1 is 0.493 bits per heavy atom. The quantitative estimate of drug-likeness (QED) is 0.0156. The van der Waals surface area contributed by atoms with Crippen molar-refractivity contribution in [1.82, 2.24) is 5.32 Å². The zero-order chi connectivity index (χ0) is 53.6. The van der Waals surface area contributed by atoms with E-state index < -0.39 is 20.0 Å². The zero-order valence-electron chi connectivity index (χ0n) is 48.9. The van der Waals surface area contributed by atoms with Gasteiger partial charge in [0.15, 0.2) is 0 Å². The van der Waals surface area contributed by atoms with E-state index in [4.69, 9.17) is 13.8 Å². The third kappa shape index (κ3) is 54.6. The Morgan fingerprint density at radius 2 is 0.877 bits per heavy atom. The van der Waals surface area contributed by atoms with Crippen LogP contribution in [0.25, 0.3) is 0 Å². The lowest BCUT2D eigenvalue weighted by Gasteiger charge is -2.27. The molecule has 0 rings (SSSR count). The van der Waals surface area contributed by atoms with Crippen molar-refractivity contribution in [2.24, 2.45) is 0 Å². The van der Waals surface area contributed by atoms with Gasteiger partial charge in [-0.2, -0.15) is 0 Å². The average molecular weight is 1050 g/mol. The summed E-state index contributed by atoms with van der Waals surface area (Å²) in [4.78, 5) is 37.7. The fourth-order valence-electron chi connectivity index (χ4n) is 9.06. The van der Waals surface area contributed by atoms with Gasteiger partial charge in [-0.15, -0.1) is 0 Å². The summed E-state index contributed by atoms with van der Waals surface area (Å²) in [6.07, 6.45) is 65.4. The molecule has 10 heteroatoms. The van der Waals surface area contributed by atoms with Gasteiger partial charge in [0, 0.05) is 12.8 Å². The first kappa shape index (κ1) is 71.0. The van der Waals surface area contributed by atoms with E-state index in [-0.39, 0.29) is 31.5 Å². The Hall–Kier alpha value is -2.03. The molecule has 0 heterocycles. The van der Waals surface area contributed by atoms with Crippen molar-refractivity contribution in [2.75, 3.05) is 40.9 Å². The predicted molar refractivity (Wildman–Crippen MR) is 314 cm³/mol. The normalized spacial score (nSPS) is 14.0. The molecule has 0 saturated heterocycles. The number of likely N-dealkylation sites (N-methyl/N-ethyl adjacent to an activating group) is 1. The number of unbranched alkanes of at least 4 members (excludes halogenated alkanes) is 36. The molecule has 3 atom stereocenters. The molecule has 3 unspecified atom stereocenters. The van der Waals surface area contributed by atoms with Crippen molar-refractivity contribution >= 4 is 19.7 Å². The Kier molecular flexibility index (Phi) is 51.9. The molecule has 428 valence electrons. The second kappa shape index (κ2) is 53.4. The van der Waals surface area contributed by atoms with Crippen LogP contribution in [-0.2, 0) is 27.9 Å². The summed E-state index contributed by atoms with van der Waals surface area (Å²) < 4.78 is 30.7. The molecular formula is C63H120N2O7P+. The van der Waals surface area contributed by atoms with E-state index in [9.17, 15) is 19.0 Å². The van der Waals surface area contributed by atoms with Gasteiger partial charge in [-0.25, -0.2) is 4.57 Å². The van der Waals surface area contributed by atoms with E-state index in [1.807, 2.05) is 33.3 Å². The number of carbonyl (C=O) groups excluding carboxylic acids is 2. The summed E-state index contributed by atoms with van der Waals surface area (Å²) >= 11 is 0. The third-order valence-electron chi connectivity index (χ3n) is 13.8. The molecule has 0 aliphatic heterocycles. The van der Waals surface area contributed by atoms with E-state index in [2.05, 4.69) is 62.5 Å². The van der Waals surface area contributed by atoms with Crippen LogP contribution in [-0.4, -0.2) is 74.3 Å². The number of hydrogen-bond acceptors (Lipinski definition) is 6. The molecule has 2 N–H and O–H groups in total. The molecule has 0 fully saturated rings. The van der Waals surface area contributed by atoms with E-state index >= 15 is 0 Å². The van der Waals surface area contributed by atoms with Crippen LogP contribution >= 0.6 is 7.82 Å². The van der Waals surface area contributed by atoms with Crippen LogP contribution in [0.3, 0.4) is 0 Å². The number of amides is 1. The van der Waals surface area contributed by atoms with Gasteiger partial charge in [0.25, 0.3) is 0 Å². The van der Waals surface area contributed by atoms with Crippen LogP contribution in [0.2, 0.25) is 0 Å². The number of nitrogens with zero attached hydrogens (tertiary/aromatic N) is 1. The smallest absolute Gasteiger partial charge is 0.456 e. The first-order chi connectivity index (χ1) is 35.4. The fourth-order valence-corrected chi connectivity index (χ4v) is 9.80. The molecule has 0 aliphatic rings. The van der Waals surface area contributed by atoms with E-state index in [1.165, 1.54) is 173 Å². The van der Waals surface area contributed by atoms with Crippen molar-refractivity contribution in [3.8, 4) is 0 Å². The molecular weight excluding hydrogens is 928 g/mol. The van der Waals surface area contributed by atoms with Crippen LogP contribution in [0.15, 0.2) is 48.6 Å². The Labute approximate surface area is 452 Å². The molecule has 0 aliphatic carbocycles. The topological polar surface area (TPSA) is 111 Å². The van der Waals surface area contributed by atoms with Crippen molar-refractivity contribution < 1.29 is 37.3 Å². The summed E-state index contributed by atoms with van der Waals surface area (Å²) in [5.41, 5.74) is 0. The lowest BCUT2D eigenvalue weighted by molar-refractivity contribution is -0.870. The number of allylic oxidation sites excluding steroid dienone is 7. The van der Waals surface area contributed by atoms with Crippen LogP contribution < -0.4 is 5.32 Å². The van der Waals surface area contributed by atoms with Crippen molar-refractivity contribution in [3.05, 3.63) is 48.6 Å². The summed E-state index contributed by atoms with van der Waals surface area (Å²) in [6, 6.07) is -0.854. The van der Waals surface area contributed by atoms with Gasteiger partial charge in [0.05, 0.1) is 33.8 Å². The minimum absolute atomic E-state index is 0.0377. The van der Waals surface area contributed by atoms with Crippen molar-refractivity contribution in [2.45, 2.75) is 303 Å². The van der Waals surface area contributed by atoms with Crippen LogP contribution in [0.5, 0.6) is 0 Å². The zero-order valence-corrected chi connectivity index (χ0v) is 49.8. The second-order valence-electron chi connectivity index (χ2n) is 22.3. The molecule has 9 nitrogen and oxygen atoms in total. The number of hydrogen-bond donors (Lipinski definition) is 2. The minimum Gasteiger partial charge on any atom is -0.456 e. The number of carbonyl (C=O) groups is 2. The summed E-state index contributed by atoms with van der Waals surface area (Å²) in [5, 5.41) is 3.06. The van der Waals surface area contributed by atoms with Crippen LogP contribution in [0.4, 0.5) is 0 Å². The number of rotatable bonds is 56. The highest BCUT2D eigenvalue weighted by molar-refractivity contribution is 7.47. The van der Waals surface area contributed by atoms with Gasteiger partial charge >= 0.3 is 13.8 Å². The number of esters is 1. The number of ether oxygens (including phenoxy) is 1.